The minimum absolute atomic E-state index is 0.0663. The van der Waals surface area contributed by atoms with Gasteiger partial charge < -0.3 is 9.90 Å². The molecule has 0 saturated heterocycles. The number of hydrogen-bond acceptors (Lipinski definition) is 4. The summed E-state index contributed by atoms with van der Waals surface area (Å²) in [7, 11) is -3.60. The summed E-state index contributed by atoms with van der Waals surface area (Å²) in [5.41, 5.74) is 0. The number of carboxylic acid groups (broad SMARTS) is 1. The summed E-state index contributed by atoms with van der Waals surface area (Å²) < 4.78 is 27.6. The number of fused-ring (bicyclic) bond motifs is 2. The molecule has 21 heavy (non-hydrogen) atoms. The van der Waals surface area contributed by atoms with E-state index in [0.29, 0.717) is 5.92 Å². The van der Waals surface area contributed by atoms with E-state index in [4.69, 9.17) is 0 Å². The van der Waals surface area contributed by atoms with E-state index >= 15 is 0 Å². The van der Waals surface area contributed by atoms with Gasteiger partial charge in [0.1, 0.15) is 0 Å². The Morgan fingerprint density at radius 2 is 1.86 bits per heavy atom. The van der Waals surface area contributed by atoms with Gasteiger partial charge in [-0.1, -0.05) is 18.2 Å². The number of nitrogens with one attached hydrogen (secondary N) is 1. The monoisotopic (exact) mass is 308 g/mol. The summed E-state index contributed by atoms with van der Waals surface area (Å²) >= 11 is 0. The van der Waals surface area contributed by atoms with Crippen molar-refractivity contribution in [3.05, 3.63) is 30.3 Å². The van der Waals surface area contributed by atoms with E-state index in [2.05, 4.69) is 4.72 Å². The molecule has 2 aliphatic carbocycles. The van der Waals surface area contributed by atoms with Crippen molar-refractivity contribution >= 4 is 16.0 Å². The zero-order valence-corrected chi connectivity index (χ0v) is 12.4. The van der Waals surface area contributed by atoms with Crippen molar-refractivity contribution < 1.29 is 18.3 Å². The molecular formula is C15H18NO4S-. The highest BCUT2D eigenvalue weighted by Gasteiger charge is 2.48. The molecule has 4 atom stereocenters. The first-order valence-electron chi connectivity index (χ1n) is 7.24. The number of rotatable bonds is 5. The summed E-state index contributed by atoms with van der Waals surface area (Å²) in [4.78, 5) is 11.1. The Morgan fingerprint density at radius 3 is 2.52 bits per heavy atom. The Labute approximate surface area is 124 Å². The Balaban J connectivity index is 1.81. The molecule has 0 aromatic heterocycles. The molecule has 0 spiro atoms. The molecule has 0 aliphatic heterocycles. The predicted octanol–water partition coefficient (Wildman–Crippen LogP) is 0.520. The van der Waals surface area contributed by atoms with Crippen LogP contribution in [0.4, 0.5) is 0 Å². The number of aliphatic carboxylic acids is 1. The topological polar surface area (TPSA) is 86.3 Å². The van der Waals surface area contributed by atoms with Gasteiger partial charge in [-0.05, 0) is 55.6 Å². The first kappa shape index (κ1) is 14.5. The number of carbonyl (C=O) groups is 1. The predicted molar refractivity (Wildman–Crippen MR) is 74.5 cm³/mol. The molecule has 1 aromatic rings. The smallest absolute Gasteiger partial charge is 0.240 e. The van der Waals surface area contributed by atoms with Crippen molar-refractivity contribution in [3.8, 4) is 0 Å². The Kier molecular flexibility index (Phi) is 3.75. The van der Waals surface area contributed by atoms with Gasteiger partial charge in [0.25, 0.3) is 0 Å². The largest absolute Gasteiger partial charge is 0.550 e. The van der Waals surface area contributed by atoms with Crippen LogP contribution in [0, 0.1) is 17.8 Å². The minimum atomic E-state index is -3.60. The number of benzene rings is 1. The normalized spacial score (nSPS) is 31.4. The van der Waals surface area contributed by atoms with Gasteiger partial charge in [-0.25, -0.2) is 13.1 Å². The summed E-state index contributed by atoms with van der Waals surface area (Å²) in [6.07, 6.45) is 2.81. The molecule has 0 amide bonds. The Hall–Kier alpha value is -1.40. The van der Waals surface area contributed by atoms with Crippen LogP contribution in [0.1, 0.15) is 25.7 Å². The van der Waals surface area contributed by atoms with Crippen molar-refractivity contribution in [3.63, 3.8) is 0 Å². The molecule has 6 heteroatoms. The van der Waals surface area contributed by atoms with E-state index in [1.165, 1.54) is 0 Å². The second kappa shape index (κ2) is 5.42. The lowest BCUT2D eigenvalue weighted by molar-refractivity contribution is -0.307. The van der Waals surface area contributed by atoms with Crippen molar-refractivity contribution in [1.82, 2.24) is 4.72 Å². The first-order valence-corrected chi connectivity index (χ1v) is 8.73. The van der Waals surface area contributed by atoms with Crippen LogP contribution in [0.25, 0.3) is 0 Å². The maximum Gasteiger partial charge on any atom is 0.240 e. The number of carbonyl (C=O) groups excluding carboxylic acids is 1. The fourth-order valence-electron chi connectivity index (χ4n) is 3.93. The molecule has 4 unspecified atom stereocenters. The van der Waals surface area contributed by atoms with E-state index in [1.54, 1.807) is 30.3 Å². The summed E-state index contributed by atoms with van der Waals surface area (Å²) in [6, 6.07) is 7.91. The van der Waals surface area contributed by atoms with Gasteiger partial charge in [-0.15, -0.1) is 0 Å². The fourth-order valence-corrected chi connectivity index (χ4v) is 5.30. The van der Waals surface area contributed by atoms with Gasteiger partial charge in [-0.3, -0.25) is 0 Å². The number of carboxylic acids is 1. The summed E-state index contributed by atoms with van der Waals surface area (Å²) in [5, 5.41) is 10.9. The van der Waals surface area contributed by atoms with Crippen LogP contribution in [0.15, 0.2) is 35.2 Å². The fraction of sp³-hybridized carbons (Fsp3) is 0.533. The number of hydrogen-bond donors (Lipinski definition) is 1. The average Bonchev–Trinajstić information content (AvgIpc) is 3.02. The second-order valence-corrected chi connectivity index (χ2v) is 7.75. The van der Waals surface area contributed by atoms with Crippen molar-refractivity contribution in [2.75, 3.05) is 0 Å². The summed E-state index contributed by atoms with van der Waals surface area (Å²) in [6.45, 7) is 0. The number of sulfonamides is 1. The molecule has 2 saturated carbocycles. The molecule has 0 heterocycles. The molecule has 114 valence electrons. The first-order chi connectivity index (χ1) is 9.97. The summed E-state index contributed by atoms with van der Waals surface area (Å²) in [5.74, 6) is -0.696. The zero-order chi connectivity index (χ0) is 15.0. The van der Waals surface area contributed by atoms with E-state index in [-0.39, 0.29) is 29.2 Å². The van der Waals surface area contributed by atoms with E-state index in [1.807, 2.05) is 0 Å². The maximum atomic E-state index is 12.4. The molecule has 5 nitrogen and oxygen atoms in total. The van der Waals surface area contributed by atoms with Crippen LogP contribution in [0.3, 0.4) is 0 Å². The van der Waals surface area contributed by atoms with Crippen LogP contribution in [-0.2, 0) is 14.8 Å². The minimum Gasteiger partial charge on any atom is -0.550 e. The molecule has 1 N–H and O–H groups in total. The van der Waals surface area contributed by atoms with Gasteiger partial charge in [0.15, 0.2) is 0 Å². The van der Waals surface area contributed by atoms with Gasteiger partial charge in [-0.2, -0.15) is 0 Å². The molecule has 0 radical (unpaired) electrons. The third kappa shape index (κ3) is 2.82. The van der Waals surface area contributed by atoms with Gasteiger partial charge in [0.2, 0.25) is 10.0 Å². The lowest BCUT2D eigenvalue weighted by Gasteiger charge is -2.31. The van der Waals surface area contributed by atoms with Crippen LogP contribution >= 0.6 is 0 Å². The average molecular weight is 308 g/mol. The molecule has 3 rings (SSSR count). The quantitative estimate of drug-likeness (QED) is 0.859. The third-order valence-electron chi connectivity index (χ3n) is 4.84. The maximum absolute atomic E-state index is 12.4. The van der Waals surface area contributed by atoms with Crippen LogP contribution in [0.5, 0.6) is 0 Å². The van der Waals surface area contributed by atoms with Gasteiger partial charge in [0, 0.05) is 12.0 Å². The van der Waals surface area contributed by atoms with Crippen LogP contribution in [0.2, 0.25) is 0 Å². The van der Waals surface area contributed by atoms with Crippen LogP contribution < -0.4 is 9.83 Å². The van der Waals surface area contributed by atoms with Crippen molar-refractivity contribution in [2.24, 2.45) is 17.8 Å². The molecule has 2 fully saturated rings. The molecule has 1 aromatic carbocycles. The van der Waals surface area contributed by atoms with E-state index in [0.717, 1.165) is 19.3 Å². The van der Waals surface area contributed by atoms with Crippen molar-refractivity contribution in [1.29, 1.82) is 0 Å². The second-order valence-electron chi connectivity index (χ2n) is 6.03. The highest BCUT2D eigenvalue weighted by molar-refractivity contribution is 7.89. The molecule has 2 bridgehead atoms. The Bertz CT molecular complexity index is 628. The zero-order valence-electron chi connectivity index (χ0n) is 11.6. The lowest BCUT2D eigenvalue weighted by Crippen LogP contribution is -2.45. The highest BCUT2D eigenvalue weighted by Crippen LogP contribution is 2.50. The standard InChI is InChI=1S/C15H19NO4S/c17-14(18)9-13-10-6-7-11(8-10)15(13)16-21(19,20)12-4-2-1-3-5-12/h1-5,10-11,13,15-16H,6-9H2,(H,17,18)/p-1. The lowest BCUT2D eigenvalue weighted by atomic mass is 9.83. The highest BCUT2D eigenvalue weighted by atomic mass is 32.2. The SMILES string of the molecule is O=C([O-])CC1C2CCC(C2)C1NS(=O)(=O)c1ccccc1. The van der Waals surface area contributed by atoms with E-state index < -0.39 is 16.0 Å². The van der Waals surface area contributed by atoms with Crippen LogP contribution in [-0.4, -0.2) is 20.4 Å². The van der Waals surface area contributed by atoms with Gasteiger partial charge >= 0.3 is 0 Å². The molecular weight excluding hydrogens is 290 g/mol. The molecule has 2 aliphatic rings. The van der Waals surface area contributed by atoms with Crippen molar-refractivity contribution in [2.45, 2.75) is 36.6 Å². The Morgan fingerprint density at radius 1 is 1.19 bits per heavy atom. The van der Waals surface area contributed by atoms with E-state index in [9.17, 15) is 18.3 Å². The van der Waals surface area contributed by atoms with Gasteiger partial charge in [0.05, 0.1) is 4.90 Å². The third-order valence-corrected chi connectivity index (χ3v) is 6.31.